The van der Waals surface area contributed by atoms with Gasteiger partial charge in [-0.2, -0.15) is 0 Å². The maximum absolute atomic E-state index is 2.31. The molecular formula is C24H56Cl2P2. The van der Waals surface area contributed by atoms with Gasteiger partial charge < -0.3 is 0 Å². The first-order valence-electron chi connectivity index (χ1n) is 12.1. The van der Waals surface area contributed by atoms with E-state index in [-0.39, 0.29) is 24.8 Å². The van der Waals surface area contributed by atoms with E-state index < -0.39 is 0 Å². The molecule has 0 unspecified atom stereocenters. The molecule has 0 aliphatic carbocycles. The van der Waals surface area contributed by atoms with Crippen molar-refractivity contribution in [2.75, 3.05) is 37.0 Å². The molecule has 0 radical (unpaired) electrons. The van der Waals surface area contributed by atoms with Gasteiger partial charge in [0.2, 0.25) is 0 Å². The Morgan fingerprint density at radius 2 is 0.464 bits per heavy atom. The Balaban J connectivity index is -0.000000192. The summed E-state index contributed by atoms with van der Waals surface area (Å²) < 4.78 is 0. The molecule has 0 aromatic carbocycles. The zero-order valence-corrected chi connectivity index (χ0v) is 23.9. The van der Waals surface area contributed by atoms with Crippen molar-refractivity contribution in [3.8, 4) is 0 Å². The fourth-order valence-electron chi connectivity index (χ4n) is 2.96. The highest BCUT2D eigenvalue weighted by Gasteiger charge is 2.06. The highest BCUT2D eigenvalue weighted by molar-refractivity contribution is 7.57. The molecule has 4 heteroatoms. The number of rotatable bonds is 18. The normalized spacial score (nSPS) is 10.3. The van der Waals surface area contributed by atoms with Crippen LogP contribution in [0.25, 0.3) is 0 Å². The molecule has 0 heterocycles. The lowest BCUT2D eigenvalue weighted by atomic mass is 10.4. The Morgan fingerprint density at radius 1 is 0.321 bits per heavy atom. The molecular weight excluding hydrogens is 421 g/mol. The van der Waals surface area contributed by atoms with E-state index in [0.717, 1.165) is 0 Å². The Labute approximate surface area is 195 Å². The average molecular weight is 478 g/mol. The van der Waals surface area contributed by atoms with Crippen molar-refractivity contribution < 1.29 is 0 Å². The molecule has 0 N–H and O–H groups in total. The minimum Gasteiger partial charge on any atom is -0.147 e. The van der Waals surface area contributed by atoms with Gasteiger partial charge in [0, 0.05) is 0 Å². The fraction of sp³-hybridized carbons (Fsp3) is 1.00. The van der Waals surface area contributed by atoms with E-state index in [1.54, 1.807) is 37.0 Å². The van der Waals surface area contributed by atoms with Crippen molar-refractivity contribution in [3.05, 3.63) is 0 Å². The Kier molecular flexibility index (Phi) is 43.5. The summed E-state index contributed by atoms with van der Waals surface area (Å²) in [7, 11) is 0.843. The van der Waals surface area contributed by atoms with Crippen LogP contribution in [0.5, 0.6) is 0 Å². The molecule has 0 aromatic heterocycles. The molecule has 176 valence electrons. The summed E-state index contributed by atoms with van der Waals surface area (Å²) >= 11 is 0. The van der Waals surface area contributed by atoms with Crippen molar-refractivity contribution in [2.24, 2.45) is 0 Å². The molecule has 0 aliphatic heterocycles. The molecule has 0 spiro atoms. The average Bonchev–Trinajstić information content (AvgIpc) is 2.67. The lowest BCUT2D eigenvalue weighted by Gasteiger charge is -2.16. The molecule has 0 nitrogen and oxygen atoms in total. The molecule has 0 aliphatic rings. The first-order chi connectivity index (χ1) is 12.7. The summed E-state index contributed by atoms with van der Waals surface area (Å²) in [6.07, 6.45) is 26.4. The van der Waals surface area contributed by atoms with Crippen LogP contribution in [0.3, 0.4) is 0 Å². The van der Waals surface area contributed by atoms with Crippen molar-refractivity contribution in [1.29, 1.82) is 0 Å². The number of hydrogen-bond donors (Lipinski definition) is 0. The van der Waals surface area contributed by atoms with Crippen LogP contribution in [-0.4, -0.2) is 37.0 Å². The van der Waals surface area contributed by atoms with E-state index in [0.29, 0.717) is 15.8 Å². The van der Waals surface area contributed by atoms with Gasteiger partial charge >= 0.3 is 0 Å². The van der Waals surface area contributed by atoms with Crippen molar-refractivity contribution in [2.45, 2.75) is 119 Å². The molecule has 0 atom stereocenters. The summed E-state index contributed by atoms with van der Waals surface area (Å²) in [5, 5.41) is 0. The highest BCUT2D eigenvalue weighted by Crippen LogP contribution is 2.39. The summed E-state index contributed by atoms with van der Waals surface area (Å²) in [6.45, 7) is 13.9. The minimum absolute atomic E-state index is 0. The largest absolute Gasteiger partial charge is 0.147 e. The summed E-state index contributed by atoms with van der Waals surface area (Å²) in [4.78, 5) is 0. The SMILES string of the molecule is CCCCP(CCCC)CCCC.CCCCP(CCCC)CCCC.Cl.Cl. The third-order valence-corrected chi connectivity index (χ3v) is 10.7. The first-order valence-corrected chi connectivity index (χ1v) is 15.9. The Morgan fingerprint density at radius 3 is 0.571 bits per heavy atom. The lowest BCUT2D eigenvalue weighted by molar-refractivity contribution is 0.847. The molecule has 0 saturated heterocycles. The molecule has 28 heavy (non-hydrogen) atoms. The standard InChI is InChI=1S/2C12H27P.2ClH/c2*1-4-7-10-13(11-8-5-2)12-9-6-3;;/h2*4-12H2,1-3H3;2*1H. The van der Waals surface area contributed by atoms with Gasteiger partial charge in [-0.25, -0.2) is 0 Å². The summed E-state index contributed by atoms with van der Waals surface area (Å²) in [5.74, 6) is 0. The zero-order chi connectivity index (χ0) is 19.9. The molecule has 0 rings (SSSR count). The second-order valence-electron chi connectivity index (χ2n) is 7.80. The van der Waals surface area contributed by atoms with E-state index in [2.05, 4.69) is 41.5 Å². The van der Waals surface area contributed by atoms with Crippen LogP contribution in [0, 0.1) is 0 Å². The van der Waals surface area contributed by atoms with Gasteiger partial charge in [-0.3, -0.25) is 0 Å². The predicted molar refractivity (Wildman–Crippen MR) is 147 cm³/mol. The van der Waals surface area contributed by atoms with Crippen LogP contribution in [0.4, 0.5) is 0 Å². The Hall–Kier alpha value is 1.44. The first kappa shape index (κ1) is 36.8. The highest BCUT2D eigenvalue weighted by atomic mass is 35.5. The minimum atomic E-state index is 0. The van der Waals surface area contributed by atoms with Crippen LogP contribution in [0.1, 0.15) is 119 Å². The van der Waals surface area contributed by atoms with Crippen LogP contribution < -0.4 is 0 Å². The van der Waals surface area contributed by atoms with Crippen LogP contribution >= 0.6 is 40.7 Å². The fourth-order valence-corrected chi connectivity index (χ4v) is 8.88. The molecule has 0 aromatic rings. The summed E-state index contributed by atoms with van der Waals surface area (Å²) in [5.41, 5.74) is 0. The van der Waals surface area contributed by atoms with E-state index in [1.165, 1.54) is 77.0 Å². The van der Waals surface area contributed by atoms with Gasteiger partial charge in [0.1, 0.15) is 0 Å². The number of halogens is 2. The third-order valence-electron chi connectivity index (χ3n) is 4.97. The van der Waals surface area contributed by atoms with Crippen molar-refractivity contribution in [3.63, 3.8) is 0 Å². The lowest BCUT2D eigenvalue weighted by Crippen LogP contribution is -1.95. The second-order valence-corrected chi connectivity index (χ2v) is 13.2. The number of hydrogen-bond acceptors (Lipinski definition) is 0. The molecule has 0 bridgehead atoms. The van der Waals surface area contributed by atoms with Gasteiger partial charge in [0.25, 0.3) is 0 Å². The summed E-state index contributed by atoms with van der Waals surface area (Å²) in [6, 6.07) is 0. The van der Waals surface area contributed by atoms with E-state index in [9.17, 15) is 0 Å². The van der Waals surface area contributed by atoms with E-state index >= 15 is 0 Å². The van der Waals surface area contributed by atoms with Gasteiger partial charge in [-0.1, -0.05) is 80.1 Å². The zero-order valence-electron chi connectivity index (χ0n) is 20.4. The smallest absolute Gasteiger partial charge is 0.0326 e. The maximum atomic E-state index is 2.31. The van der Waals surface area contributed by atoms with Crippen molar-refractivity contribution in [1.82, 2.24) is 0 Å². The second kappa shape index (κ2) is 33.1. The van der Waals surface area contributed by atoms with E-state index in [1.807, 2.05) is 0 Å². The Bertz CT molecular complexity index is 179. The molecule has 0 fully saturated rings. The monoisotopic (exact) mass is 476 g/mol. The molecule has 0 amide bonds. The molecule has 0 saturated carbocycles. The predicted octanol–water partition coefficient (Wildman–Crippen LogP) is 10.6. The number of unbranched alkanes of at least 4 members (excludes halogenated alkanes) is 6. The van der Waals surface area contributed by atoms with Gasteiger partial charge in [-0.15, -0.1) is 40.7 Å². The topological polar surface area (TPSA) is 0 Å². The maximum Gasteiger partial charge on any atom is -0.0326 e. The van der Waals surface area contributed by atoms with E-state index in [4.69, 9.17) is 0 Å². The quantitative estimate of drug-likeness (QED) is 0.172. The van der Waals surface area contributed by atoms with Gasteiger partial charge in [0.15, 0.2) is 0 Å². The third kappa shape index (κ3) is 29.6. The van der Waals surface area contributed by atoms with Gasteiger partial charge in [0.05, 0.1) is 0 Å². The van der Waals surface area contributed by atoms with Gasteiger partial charge in [-0.05, 0) is 75.5 Å². The van der Waals surface area contributed by atoms with Crippen molar-refractivity contribution >= 4 is 40.7 Å². The van der Waals surface area contributed by atoms with Crippen LogP contribution in [0.2, 0.25) is 0 Å². The van der Waals surface area contributed by atoms with Crippen LogP contribution in [-0.2, 0) is 0 Å². The van der Waals surface area contributed by atoms with Crippen LogP contribution in [0.15, 0.2) is 0 Å².